The van der Waals surface area contributed by atoms with Gasteiger partial charge in [0.1, 0.15) is 11.8 Å². The molecule has 0 radical (unpaired) electrons. The van der Waals surface area contributed by atoms with Crippen LogP contribution in [0.25, 0.3) is 0 Å². The van der Waals surface area contributed by atoms with Crippen molar-refractivity contribution in [3.05, 3.63) is 57.4 Å². The zero-order chi connectivity index (χ0) is 18.4. The van der Waals surface area contributed by atoms with E-state index in [0.717, 1.165) is 0 Å². The van der Waals surface area contributed by atoms with Gasteiger partial charge in [0.2, 0.25) is 0 Å². The van der Waals surface area contributed by atoms with Crippen molar-refractivity contribution in [1.29, 1.82) is 0 Å². The normalized spacial score (nSPS) is 12.4. The predicted octanol–water partition coefficient (Wildman–Crippen LogP) is 3.60. The summed E-state index contributed by atoms with van der Waals surface area (Å²) in [5.41, 5.74) is 2.83. The summed E-state index contributed by atoms with van der Waals surface area (Å²) in [5, 5.41) is 7.08. The molecule has 0 fully saturated rings. The van der Waals surface area contributed by atoms with E-state index >= 15 is 0 Å². The van der Waals surface area contributed by atoms with E-state index in [4.69, 9.17) is 16.0 Å². The van der Waals surface area contributed by atoms with Crippen LogP contribution in [0.1, 0.15) is 30.0 Å². The number of amides is 2. The summed E-state index contributed by atoms with van der Waals surface area (Å²) in [7, 11) is 0. The number of hydrogen-bond donors (Lipinski definition) is 2. The molecule has 0 aliphatic rings. The highest BCUT2D eigenvalue weighted by Crippen LogP contribution is 2.12. The molecule has 25 heavy (non-hydrogen) atoms. The Labute approximate surface area is 158 Å². The Morgan fingerprint density at radius 1 is 1.20 bits per heavy atom. The van der Waals surface area contributed by atoms with Gasteiger partial charge in [-0.25, -0.2) is 5.43 Å². The number of rotatable bonds is 6. The SMILES string of the molecule is CC(C)C(NC(=O)c1ccc(Cl)cc1)C(=O)N/N=C\c1ccc(Br)o1. The summed E-state index contributed by atoms with van der Waals surface area (Å²) in [6.45, 7) is 3.67. The van der Waals surface area contributed by atoms with E-state index in [-0.39, 0.29) is 11.8 Å². The minimum absolute atomic E-state index is 0.121. The molecule has 1 aromatic carbocycles. The number of benzene rings is 1. The van der Waals surface area contributed by atoms with Crippen molar-refractivity contribution in [2.24, 2.45) is 11.0 Å². The van der Waals surface area contributed by atoms with Gasteiger partial charge in [-0.15, -0.1) is 0 Å². The quantitative estimate of drug-likeness (QED) is 0.547. The molecular formula is C17H17BrClN3O3. The van der Waals surface area contributed by atoms with Crippen molar-refractivity contribution in [2.75, 3.05) is 0 Å². The summed E-state index contributed by atoms with van der Waals surface area (Å²) in [6.07, 6.45) is 1.38. The maximum absolute atomic E-state index is 12.3. The Hall–Kier alpha value is -2.12. The zero-order valence-corrected chi connectivity index (χ0v) is 16.0. The second-order valence-electron chi connectivity index (χ2n) is 5.58. The number of nitrogens with zero attached hydrogens (tertiary/aromatic N) is 1. The number of halogens is 2. The average Bonchev–Trinajstić information content (AvgIpc) is 2.98. The Bertz CT molecular complexity index is 772. The van der Waals surface area contributed by atoms with Crippen LogP contribution in [0.15, 0.2) is 50.6 Å². The third-order valence-corrected chi connectivity index (χ3v) is 3.98. The highest BCUT2D eigenvalue weighted by molar-refractivity contribution is 9.10. The number of hydrazone groups is 1. The predicted molar refractivity (Wildman–Crippen MR) is 99.7 cm³/mol. The highest BCUT2D eigenvalue weighted by Gasteiger charge is 2.24. The molecule has 2 aromatic rings. The molecule has 1 aromatic heterocycles. The third-order valence-electron chi connectivity index (χ3n) is 3.30. The molecule has 8 heteroatoms. The van der Waals surface area contributed by atoms with Gasteiger partial charge in [0.05, 0.1) is 6.21 Å². The van der Waals surface area contributed by atoms with E-state index in [9.17, 15) is 9.59 Å². The van der Waals surface area contributed by atoms with E-state index in [1.54, 1.807) is 36.4 Å². The number of hydrogen-bond acceptors (Lipinski definition) is 4. The van der Waals surface area contributed by atoms with Gasteiger partial charge < -0.3 is 9.73 Å². The summed E-state index contributed by atoms with van der Waals surface area (Å²) < 4.78 is 5.81. The summed E-state index contributed by atoms with van der Waals surface area (Å²) in [5.74, 6) is -0.411. The first kappa shape index (κ1) is 19.2. The van der Waals surface area contributed by atoms with E-state index in [0.29, 0.717) is 21.0 Å². The van der Waals surface area contributed by atoms with Crippen LogP contribution >= 0.6 is 27.5 Å². The second kappa shape index (κ2) is 8.82. The van der Waals surface area contributed by atoms with Crippen LogP contribution in [0.2, 0.25) is 5.02 Å². The molecule has 0 saturated carbocycles. The fourth-order valence-electron chi connectivity index (χ4n) is 1.99. The molecular weight excluding hydrogens is 410 g/mol. The standard InChI is InChI=1S/C17H17BrClN3O3/c1-10(2)15(21-16(23)11-3-5-12(19)6-4-11)17(24)22-20-9-13-7-8-14(18)25-13/h3-10,15H,1-2H3,(H,21,23)(H,22,24)/b20-9-. The van der Waals surface area contributed by atoms with Gasteiger partial charge in [-0.1, -0.05) is 25.4 Å². The van der Waals surface area contributed by atoms with Crippen molar-refractivity contribution < 1.29 is 14.0 Å². The lowest BCUT2D eigenvalue weighted by Gasteiger charge is -2.20. The van der Waals surface area contributed by atoms with Crippen LogP contribution < -0.4 is 10.7 Å². The fraction of sp³-hybridized carbons (Fsp3) is 0.235. The smallest absolute Gasteiger partial charge is 0.262 e. The summed E-state index contributed by atoms with van der Waals surface area (Å²) in [6, 6.07) is 9.11. The molecule has 0 bridgehead atoms. The van der Waals surface area contributed by atoms with Gasteiger partial charge in [0, 0.05) is 10.6 Å². The Morgan fingerprint density at radius 2 is 1.88 bits per heavy atom. The first-order chi connectivity index (χ1) is 11.9. The number of nitrogens with one attached hydrogen (secondary N) is 2. The number of furan rings is 1. The van der Waals surface area contributed by atoms with Crippen LogP contribution in [0.5, 0.6) is 0 Å². The highest BCUT2D eigenvalue weighted by atomic mass is 79.9. The van der Waals surface area contributed by atoms with E-state index < -0.39 is 11.9 Å². The fourth-order valence-corrected chi connectivity index (χ4v) is 2.43. The molecule has 1 atom stereocenters. The van der Waals surface area contributed by atoms with Gasteiger partial charge in [0.15, 0.2) is 4.67 Å². The second-order valence-corrected chi connectivity index (χ2v) is 6.80. The molecule has 6 nitrogen and oxygen atoms in total. The molecule has 0 saturated heterocycles. The van der Waals surface area contributed by atoms with Gasteiger partial charge in [-0.05, 0) is 58.2 Å². The van der Waals surface area contributed by atoms with Gasteiger partial charge >= 0.3 is 0 Å². The Kier molecular flexibility index (Phi) is 6.78. The lowest BCUT2D eigenvalue weighted by molar-refractivity contribution is -0.123. The summed E-state index contributed by atoms with van der Waals surface area (Å²) in [4.78, 5) is 24.6. The monoisotopic (exact) mass is 425 g/mol. The zero-order valence-electron chi connectivity index (χ0n) is 13.6. The van der Waals surface area contributed by atoms with Crippen LogP contribution in [0.3, 0.4) is 0 Å². The molecule has 1 heterocycles. The average molecular weight is 427 g/mol. The molecule has 132 valence electrons. The van der Waals surface area contributed by atoms with Crippen molar-refractivity contribution in [3.63, 3.8) is 0 Å². The first-order valence-electron chi connectivity index (χ1n) is 7.51. The Morgan fingerprint density at radius 3 is 2.44 bits per heavy atom. The van der Waals surface area contributed by atoms with E-state index in [2.05, 4.69) is 31.8 Å². The van der Waals surface area contributed by atoms with E-state index in [1.165, 1.54) is 6.21 Å². The van der Waals surface area contributed by atoms with Crippen molar-refractivity contribution in [1.82, 2.24) is 10.7 Å². The van der Waals surface area contributed by atoms with Crippen LogP contribution in [-0.2, 0) is 4.79 Å². The largest absolute Gasteiger partial charge is 0.448 e. The molecule has 0 aliphatic heterocycles. The van der Waals surface area contributed by atoms with Crippen molar-refractivity contribution >= 4 is 45.6 Å². The summed E-state index contributed by atoms with van der Waals surface area (Å²) >= 11 is 8.99. The molecule has 0 spiro atoms. The van der Waals surface area contributed by atoms with Crippen molar-refractivity contribution in [3.8, 4) is 0 Å². The molecule has 2 N–H and O–H groups in total. The molecule has 1 unspecified atom stereocenters. The van der Waals surface area contributed by atoms with E-state index in [1.807, 2.05) is 13.8 Å². The lowest BCUT2D eigenvalue weighted by Crippen LogP contribution is -2.48. The molecule has 2 rings (SSSR count). The number of carbonyl (C=O) groups is 2. The van der Waals surface area contributed by atoms with Crippen LogP contribution in [0.4, 0.5) is 0 Å². The number of carbonyl (C=O) groups excluding carboxylic acids is 2. The van der Waals surface area contributed by atoms with Crippen LogP contribution in [0, 0.1) is 5.92 Å². The maximum atomic E-state index is 12.3. The third kappa shape index (κ3) is 5.72. The minimum atomic E-state index is -0.733. The van der Waals surface area contributed by atoms with Crippen LogP contribution in [-0.4, -0.2) is 24.1 Å². The first-order valence-corrected chi connectivity index (χ1v) is 8.68. The minimum Gasteiger partial charge on any atom is -0.448 e. The topological polar surface area (TPSA) is 83.7 Å². The van der Waals surface area contributed by atoms with Crippen molar-refractivity contribution in [2.45, 2.75) is 19.9 Å². The molecule has 0 aliphatic carbocycles. The van der Waals surface area contributed by atoms with Gasteiger partial charge in [-0.2, -0.15) is 5.10 Å². The molecule has 2 amide bonds. The Balaban J connectivity index is 1.99. The maximum Gasteiger partial charge on any atom is 0.262 e. The van der Waals surface area contributed by atoms with Gasteiger partial charge in [-0.3, -0.25) is 9.59 Å². The van der Waals surface area contributed by atoms with Gasteiger partial charge in [0.25, 0.3) is 11.8 Å². The lowest BCUT2D eigenvalue weighted by atomic mass is 10.0.